The van der Waals surface area contributed by atoms with E-state index in [0.717, 1.165) is 75.7 Å². The van der Waals surface area contributed by atoms with Crippen LogP contribution >= 0.6 is 0 Å². The van der Waals surface area contributed by atoms with Gasteiger partial charge in [0.15, 0.2) is 11.4 Å². The molecule has 0 amide bonds. The largest absolute Gasteiger partial charge is 0.509 e. The van der Waals surface area contributed by atoms with E-state index < -0.39 is 16.4 Å². The zero-order chi connectivity index (χ0) is 45.9. The van der Waals surface area contributed by atoms with Gasteiger partial charge >= 0.3 is 11.9 Å². The first-order valence-corrected chi connectivity index (χ1v) is 28.5. The Morgan fingerprint density at radius 1 is 0.912 bits per heavy atom. The number of rotatable bonds is 7. The summed E-state index contributed by atoms with van der Waals surface area (Å²) in [5, 5.41) is 13.5. The van der Waals surface area contributed by atoms with Crippen molar-refractivity contribution in [1.82, 2.24) is 9.80 Å². The SMILES string of the molecule is CC1CC2=C3C4C5=C6C(=CC14)CCC(C)(CC1CCCCC1)CC1C64C(=O)OC(=C(O)CC(CC6CCCCC6)N6CC7CC(C6)C(CC2)N3C7)C4(CC5)C12OC(=O)c1c(CCCN)cccc12. The molecular weight excluding hydrogens is 843 g/mol. The van der Waals surface area contributed by atoms with E-state index in [0.29, 0.717) is 78.7 Å². The third-order valence-corrected chi connectivity index (χ3v) is 22.5. The number of aliphatic hydroxyl groups is 1. The number of fused-ring (bicyclic) bond motifs is 3. The van der Waals surface area contributed by atoms with Gasteiger partial charge in [0.05, 0.1) is 11.0 Å². The molecule has 3 N–H and O–H groups in total. The van der Waals surface area contributed by atoms with Gasteiger partial charge in [-0.05, 0) is 148 Å². The highest BCUT2D eigenvalue weighted by atomic mass is 16.6. The van der Waals surface area contributed by atoms with Crippen molar-refractivity contribution in [2.24, 2.45) is 69.3 Å². The topological polar surface area (TPSA) is 105 Å². The molecule has 4 saturated carbocycles. The van der Waals surface area contributed by atoms with E-state index in [1.165, 1.54) is 107 Å². The van der Waals surface area contributed by atoms with E-state index in [4.69, 9.17) is 15.2 Å². The normalized spacial score (nSPS) is 43.5. The number of hydrogen-bond donors (Lipinski definition) is 2. The lowest BCUT2D eigenvalue weighted by Crippen LogP contribution is -2.78. The molecule has 17 rings (SSSR count). The fraction of sp³-hybridized carbons (Fsp3) is 0.733. The standard InChI is InChI=1S/C60H79N3O5/c1-35-25-41-18-19-47-42-26-38-32-62(34-42)43(27-36-11-5-3-6-12-36)29-48(64)54-58-23-21-44-51(53(41)63(47)33-38)45(35)28-40-20-22-57(2,30-37-13-7-4-8-14-37)31-49(59(58,52(40)44)56(66)67-54)60(58)46-17-9-15-39(16-10-24-61)50(46)55(65)68-60/h9,15,17,28,35-38,42-43,45,47,49,51,64H,3-8,10-14,16,18-27,29-34,61H2,1-2H3. The zero-order valence-corrected chi connectivity index (χ0v) is 41.4. The van der Waals surface area contributed by atoms with Gasteiger partial charge in [-0.2, -0.15) is 0 Å². The van der Waals surface area contributed by atoms with Crippen LogP contribution in [0.5, 0.6) is 0 Å². The molecule has 7 fully saturated rings. The van der Waals surface area contributed by atoms with Crippen molar-refractivity contribution in [2.75, 3.05) is 26.2 Å². The molecule has 16 aliphatic rings. The number of nitrogens with two attached hydrogens (primary N) is 1. The number of nitrogens with zero attached hydrogens (tertiary/aromatic N) is 2. The Morgan fingerprint density at radius 3 is 2.53 bits per heavy atom. The average Bonchev–Trinajstić information content (AvgIpc) is 3.80. The van der Waals surface area contributed by atoms with Crippen LogP contribution in [0.2, 0.25) is 0 Å². The summed E-state index contributed by atoms with van der Waals surface area (Å²) in [7, 11) is 0. The van der Waals surface area contributed by atoms with Gasteiger partial charge in [-0.3, -0.25) is 9.69 Å². The maximum atomic E-state index is 16.4. The number of carbonyl (C=O) groups is 2. The van der Waals surface area contributed by atoms with Crippen LogP contribution < -0.4 is 5.73 Å². The smallest absolute Gasteiger partial charge is 0.339 e. The van der Waals surface area contributed by atoms with Crippen molar-refractivity contribution >= 4 is 11.9 Å². The fourth-order valence-electron chi connectivity index (χ4n) is 20.2. The number of ether oxygens (including phenoxy) is 2. The van der Waals surface area contributed by atoms with E-state index in [1.54, 1.807) is 11.3 Å². The Bertz CT molecular complexity index is 2450. The molecule has 8 heteroatoms. The summed E-state index contributed by atoms with van der Waals surface area (Å²) < 4.78 is 14.6. The van der Waals surface area contributed by atoms with Crippen LogP contribution in [0, 0.1) is 63.6 Å². The summed E-state index contributed by atoms with van der Waals surface area (Å²) in [5.41, 5.74) is 13.0. The lowest BCUT2D eigenvalue weighted by atomic mass is 9.27. The van der Waals surface area contributed by atoms with Gasteiger partial charge < -0.3 is 25.2 Å². The lowest BCUT2D eigenvalue weighted by Gasteiger charge is -2.73. The summed E-state index contributed by atoms with van der Waals surface area (Å²) in [6.45, 7) is 8.92. The molecule has 0 aromatic heterocycles. The highest BCUT2D eigenvalue weighted by Gasteiger charge is 2.94. The molecular formula is C60H79N3O5. The second-order valence-corrected chi connectivity index (χ2v) is 26.0. The predicted octanol–water partition coefficient (Wildman–Crippen LogP) is 11.7. The molecule has 3 saturated heterocycles. The lowest BCUT2D eigenvalue weighted by molar-refractivity contribution is -0.284. The van der Waals surface area contributed by atoms with E-state index in [-0.39, 0.29) is 41.0 Å². The van der Waals surface area contributed by atoms with Crippen LogP contribution in [0.15, 0.2) is 63.8 Å². The van der Waals surface area contributed by atoms with Crippen LogP contribution in [0.3, 0.4) is 0 Å². The van der Waals surface area contributed by atoms with Gasteiger partial charge in [-0.1, -0.05) is 113 Å². The summed E-state index contributed by atoms with van der Waals surface area (Å²) in [6.07, 6.45) is 29.1. The zero-order valence-electron chi connectivity index (χ0n) is 41.4. The number of aliphatic hydroxyl groups excluding tert-OH is 1. The Morgan fingerprint density at radius 2 is 1.72 bits per heavy atom. The molecule has 68 heavy (non-hydrogen) atoms. The van der Waals surface area contributed by atoms with Crippen molar-refractivity contribution < 1.29 is 24.2 Å². The summed E-state index contributed by atoms with van der Waals surface area (Å²) in [4.78, 5) is 37.5. The third kappa shape index (κ3) is 5.68. The first kappa shape index (κ1) is 43.4. The molecule has 13 atom stereocenters. The maximum Gasteiger partial charge on any atom is 0.339 e. The number of piperidine rings is 2. The molecule has 9 aliphatic heterocycles. The van der Waals surface area contributed by atoms with Crippen LogP contribution in [-0.2, 0) is 26.3 Å². The fourth-order valence-corrected chi connectivity index (χ4v) is 20.2. The molecule has 12 bridgehead atoms. The van der Waals surface area contributed by atoms with Gasteiger partial charge in [-0.25, -0.2) is 4.79 Å². The number of hydrogen-bond acceptors (Lipinski definition) is 8. The first-order valence-electron chi connectivity index (χ1n) is 28.5. The second-order valence-electron chi connectivity index (χ2n) is 26.0. The monoisotopic (exact) mass is 922 g/mol. The highest BCUT2D eigenvalue weighted by molar-refractivity contribution is 6.01. The van der Waals surface area contributed by atoms with Gasteiger partial charge in [0.25, 0.3) is 0 Å². The minimum absolute atomic E-state index is 0.0755. The second kappa shape index (κ2) is 15.6. The van der Waals surface area contributed by atoms with Crippen molar-refractivity contribution in [3.63, 3.8) is 0 Å². The van der Waals surface area contributed by atoms with Gasteiger partial charge in [-0.15, -0.1) is 0 Å². The Labute approximate surface area is 406 Å². The quantitative estimate of drug-likeness (QED) is 0.261. The number of carbonyl (C=O) groups excluding carboxylic acids is 2. The molecule has 9 heterocycles. The molecule has 7 aliphatic carbocycles. The van der Waals surface area contributed by atoms with E-state index in [1.807, 2.05) is 0 Å². The van der Waals surface area contributed by atoms with Gasteiger partial charge in [0.1, 0.15) is 11.2 Å². The van der Waals surface area contributed by atoms with E-state index in [9.17, 15) is 5.11 Å². The van der Waals surface area contributed by atoms with Crippen LogP contribution in [-0.4, -0.2) is 65.1 Å². The Kier molecular flexibility index (Phi) is 9.94. The predicted molar refractivity (Wildman–Crippen MR) is 263 cm³/mol. The van der Waals surface area contributed by atoms with Crippen molar-refractivity contribution in [1.29, 1.82) is 0 Å². The molecule has 0 radical (unpaired) electrons. The minimum Gasteiger partial charge on any atom is -0.509 e. The minimum atomic E-state index is -1.15. The number of allylic oxidation sites excluding steroid dienone is 4. The molecule has 3 spiro atoms. The van der Waals surface area contributed by atoms with E-state index in [2.05, 4.69) is 47.9 Å². The Balaban J connectivity index is 1.04. The number of esters is 2. The van der Waals surface area contributed by atoms with Crippen molar-refractivity contribution in [3.05, 3.63) is 80.5 Å². The molecule has 1 aromatic carbocycles. The Hall–Kier alpha value is -3.36. The first-order chi connectivity index (χ1) is 33.1. The summed E-state index contributed by atoms with van der Waals surface area (Å²) >= 11 is 0. The van der Waals surface area contributed by atoms with E-state index >= 15 is 9.59 Å². The molecule has 8 nitrogen and oxygen atoms in total. The van der Waals surface area contributed by atoms with Crippen molar-refractivity contribution in [3.8, 4) is 0 Å². The third-order valence-electron chi connectivity index (χ3n) is 22.5. The summed E-state index contributed by atoms with van der Waals surface area (Å²) in [5.74, 6) is 3.67. The average molecular weight is 922 g/mol. The summed E-state index contributed by atoms with van der Waals surface area (Å²) in [6, 6.07) is 7.14. The molecule has 364 valence electrons. The van der Waals surface area contributed by atoms with Crippen LogP contribution in [0.4, 0.5) is 0 Å². The molecule has 13 unspecified atom stereocenters. The highest BCUT2D eigenvalue weighted by Crippen LogP contribution is 2.88. The molecule has 1 aromatic rings. The van der Waals surface area contributed by atoms with Crippen LogP contribution in [0.1, 0.15) is 183 Å². The number of benzene rings is 1. The number of aryl methyl sites for hydroxylation is 1. The van der Waals surface area contributed by atoms with Gasteiger partial charge in [0, 0.05) is 61.2 Å². The maximum absolute atomic E-state index is 16.4. The van der Waals surface area contributed by atoms with Crippen molar-refractivity contribution in [2.45, 2.75) is 186 Å². The van der Waals surface area contributed by atoms with Gasteiger partial charge in [0.2, 0.25) is 0 Å². The van der Waals surface area contributed by atoms with Crippen LogP contribution in [0.25, 0.3) is 0 Å².